The zero-order valence-electron chi connectivity index (χ0n) is 21.5. The van der Waals surface area contributed by atoms with Gasteiger partial charge < -0.3 is 9.84 Å². The first-order valence-corrected chi connectivity index (χ1v) is 13.0. The van der Waals surface area contributed by atoms with Gasteiger partial charge in [-0.2, -0.15) is 4.39 Å². The minimum absolute atomic E-state index is 0.112. The molecule has 2 atom stereocenters. The highest BCUT2D eigenvalue weighted by molar-refractivity contribution is 5.68. The molecule has 2 nitrogen and oxygen atoms in total. The summed E-state index contributed by atoms with van der Waals surface area (Å²) in [6.45, 7) is 5.45. The van der Waals surface area contributed by atoms with Gasteiger partial charge in [-0.3, -0.25) is 0 Å². The molecule has 3 aromatic rings. The molecule has 0 amide bonds. The highest BCUT2D eigenvalue weighted by atomic mass is 19.2. The van der Waals surface area contributed by atoms with E-state index in [2.05, 4.69) is 6.58 Å². The normalized spacial score (nSPS) is 16.2. The first-order chi connectivity index (χ1) is 18.3. The molecular weight excluding hydrogens is 492 g/mol. The van der Waals surface area contributed by atoms with Gasteiger partial charge in [-0.05, 0) is 85.8 Å². The molecule has 200 valence electrons. The first-order valence-electron chi connectivity index (χ1n) is 13.0. The lowest BCUT2D eigenvalue weighted by Gasteiger charge is -2.23. The van der Waals surface area contributed by atoms with Crippen LogP contribution >= 0.6 is 0 Å². The number of benzene rings is 3. The molecule has 6 heteroatoms. The molecule has 0 saturated heterocycles. The highest BCUT2D eigenvalue weighted by Crippen LogP contribution is 2.36. The number of aliphatic hydroxyl groups is 1. The van der Waals surface area contributed by atoms with Crippen LogP contribution in [0.4, 0.5) is 17.6 Å². The molecule has 0 heterocycles. The smallest absolute Gasteiger partial charge is 0.201 e. The molecule has 38 heavy (non-hydrogen) atoms. The summed E-state index contributed by atoms with van der Waals surface area (Å²) in [5.41, 5.74) is 2.74. The van der Waals surface area contributed by atoms with Crippen molar-refractivity contribution in [2.45, 2.75) is 51.6 Å². The van der Waals surface area contributed by atoms with Crippen molar-refractivity contribution in [3.05, 3.63) is 107 Å². The van der Waals surface area contributed by atoms with E-state index in [9.17, 15) is 22.7 Å². The zero-order chi connectivity index (χ0) is 27.2. The summed E-state index contributed by atoms with van der Waals surface area (Å²) in [5, 5.41) is 9.65. The largest absolute Gasteiger partial charge is 0.490 e. The SMILES string of the molecule is C=CCCOc1ccc(C2=CCC(CCc3ccc(-c4ccc(C(C)O)cc4)c(F)c3F)CC2)c(F)c1F. The second-order valence-electron chi connectivity index (χ2n) is 9.77. The third-order valence-corrected chi connectivity index (χ3v) is 7.18. The second-order valence-corrected chi connectivity index (χ2v) is 9.77. The van der Waals surface area contributed by atoms with Crippen molar-refractivity contribution in [1.82, 2.24) is 0 Å². The van der Waals surface area contributed by atoms with E-state index in [-0.39, 0.29) is 29.4 Å². The Kier molecular flexibility index (Phi) is 9.05. The third kappa shape index (κ3) is 6.18. The molecule has 4 rings (SSSR count). The molecule has 1 N–H and O–H groups in total. The number of allylic oxidation sites excluding steroid dienone is 2. The molecule has 0 spiro atoms. The van der Waals surface area contributed by atoms with Crippen LogP contribution in [0.5, 0.6) is 5.75 Å². The molecule has 1 aliphatic carbocycles. The molecule has 0 saturated carbocycles. The van der Waals surface area contributed by atoms with Crippen molar-refractivity contribution in [2.75, 3.05) is 6.61 Å². The van der Waals surface area contributed by atoms with E-state index in [1.807, 2.05) is 6.08 Å². The molecule has 0 fully saturated rings. The molecule has 2 unspecified atom stereocenters. The van der Waals surface area contributed by atoms with Gasteiger partial charge >= 0.3 is 0 Å². The Morgan fingerprint density at radius 3 is 2.32 bits per heavy atom. The average Bonchev–Trinajstić information content (AvgIpc) is 2.92. The minimum atomic E-state index is -0.991. The van der Waals surface area contributed by atoms with Crippen molar-refractivity contribution in [3.8, 4) is 16.9 Å². The van der Waals surface area contributed by atoms with Crippen LogP contribution in [0.15, 0.2) is 67.3 Å². The summed E-state index contributed by atoms with van der Waals surface area (Å²) in [6.07, 6.45) is 6.50. The van der Waals surface area contributed by atoms with Crippen LogP contribution in [0.1, 0.15) is 61.8 Å². The number of hydrogen-bond acceptors (Lipinski definition) is 2. The Bertz CT molecular complexity index is 1310. The van der Waals surface area contributed by atoms with Gasteiger partial charge in [0.25, 0.3) is 0 Å². The Hall–Kier alpha value is -3.38. The van der Waals surface area contributed by atoms with Gasteiger partial charge in [-0.25, -0.2) is 13.2 Å². The van der Waals surface area contributed by atoms with Gasteiger partial charge in [0.15, 0.2) is 23.2 Å². The highest BCUT2D eigenvalue weighted by Gasteiger charge is 2.22. The van der Waals surface area contributed by atoms with Crippen molar-refractivity contribution >= 4 is 5.57 Å². The molecule has 0 bridgehead atoms. The number of halogens is 4. The van der Waals surface area contributed by atoms with Crippen molar-refractivity contribution in [1.29, 1.82) is 0 Å². The Morgan fingerprint density at radius 2 is 1.66 bits per heavy atom. The number of hydrogen-bond donors (Lipinski definition) is 1. The summed E-state index contributed by atoms with van der Waals surface area (Å²) in [6, 6.07) is 12.9. The van der Waals surface area contributed by atoms with E-state index in [0.29, 0.717) is 48.8 Å². The van der Waals surface area contributed by atoms with Crippen LogP contribution < -0.4 is 4.74 Å². The lowest BCUT2D eigenvalue weighted by Crippen LogP contribution is -2.09. The van der Waals surface area contributed by atoms with E-state index in [1.54, 1.807) is 55.5 Å². The number of aliphatic hydroxyl groups excluding tert-OH is 1. The number of aryl methyl sites for hydroxylation is 1. The van der Waals surface area contributed by atoms with E-state index in [4.69, 9.17) is 4.74 Å². The van der Waals surface area contributed by atoms with E-state index in [1.165, 1.54) is 6.07 Å². The van der Waals surface area contributed by atoms with Crippen LogP contribution in [0.3, 0.4) is 0 Å². The molecule has 0 aliphatic heterocycles. The van der Waals surface area contributed by atoms with Gasteiger partial charge in [-0.15, -0.1) is 6.58 Å². The van der Waals surface area contributed by atoms with Crippen LogP contribution in [0.25, 0.3) is 16.7 Å². The topological polar surface area (TPSA) is 29.5 Å². The zero-order valence-corrected chi connectivity index (χ0v) is 21.5. The second kappa shape index (κ2) is 12.4. The maximum atomic E-state index is 14.9. The lowest BCUT2D eigenvalue weighted by atomic mass is 9.83. The summed E-state index contributed by atoms with van der Waals surface area (Å²) in [4.78, 5) is 0. The summed E-state index contributed by atoms with van der Waals surface area (Å²) in [7, 11) is 0. The predicted molar refractivity (Wildman–Crippen MR) is 143 cm³/mol. The first kappa shape index (κ1) is 27.6. The van der Waals surface area contributed by atoms with E-state index in [0.717, 1.165) is 12.0 Å². The van der Waals surface area contributed by atoms with Gasteiger partial charge in [0, 0.05) is 11.1 Å². The maximum Gasteiger partial charge on any atom is 0.201 e. The summed E-state index contributed by atoms with van der Waals surface area (Å²) < 4.78 is 64.2. The average molecular weight is 525 g/mol. The van der Waals surface area contributed by atoms with Gasteiger partial charge in [0.1, 0.15) is 0 Å². The fourth-order valence-corrected chi connectivity index (χ4v) is 4.85. The van der Waals surface area contributed by atoms with Crippen molar-refractivity contribution in [3.63, 3.8) is 0 Å². The van der Waals surface area contributed by atoms with Crippen LogP contribution in [-0.4, -0.2) is 11.7 Å². The Morgan fingerprint density at radius 1 is 0.947 bits per heavy atom. The lowest BCUT2D eigenvalue weighted by molar-refractivity contribution is 0.199. The van der Waals surface area contributed by atoms with Crippen LogP contribution in [0, 0.1) is 29.2 Å². The quantitative estimate of drug-likeness (QED) is 0.163. The number of ether oxygens (including phenoxy) is 1. The molecule has 1 aliphatic rings. The molecular formula is C32H32F4O2. The Labute approximate surface area is 221 Å². The molecule has 3 aromatic carbocycles. The fraction of sp³-hybridized carbons (Fsp3) is 0.312. The predicted octanol–water partition coefficient (Wildman–Crippen LogP) is 8.73. The molecule has 0 radical (unpaired) electrons. The van der Waals surface area contributed by atoms with E-state index >= 15 is 0 Å². The fourth-order valence-electron chi connectivity index (χ4n) is 4.85. The van der Waals surface area contributed by atoms with Crippen molar-refractivity contribution in [2.24, 2.45) is 5.92 Å². The standard InChI is InChI=1S/C32H32F4O2/c1-3-4-19-38-28-18-17-27(31(35)32(28)36)23-8-5-21(6-9-23)7-10-25-15-16-26(30(34)29(25)33)24-13-11-22(12-14-24)20(2)37/h3,8,11-18,20-21,37H,1,4-7,9-10,19H2,2H3. The van der Waals surface area contributed by atoms with Crippen LogP contribution in [0.2, 0.25) is 0 Å². The maximum absolute atomic E-state index is 14.9. The summed E-state index contributed by atoms with van der Waals surface area (Å²) >= 11 is 0. The van der Waals surface area contributed by atoms with Crippen LogP contribution in [-0.2, 0) is 6.42 Å². The minimum Gasteiger partial charge on any atom is -0.490 e. The third-order valence-electron chi connectivity index (χ3n) is 7.18. The Balaban J connectivity index is 1.38. The summed E-state index contributed by atoms with van der Waals surface area (Å²) in [5.74, 6) is -3.50. The monoisotopic (exact) mass is 524 g/mol. The van der Waals surface area contributed by atoms with Gasteiger partial charge in [0.2, 0.25) is 5.82 Å². The van der Waals surface area contributed by atoms with Crippen molar-refractivity contribution < 1.29 is 27.4 Å². The molecule has 0 aromatic heterocycles. The van der Waals surface area contributed by atoms with Gasteiger partial charge in [0.05, 0.1) is 12.7 Å². The van der Waals surface area contributed by atoms with Gasteiger partial charge in [-0.1, -0.05) is 48.6 Å². The van der Waals surface area contributed by atoms with E-state index < -0.39 is 29.4 Å². The number of rotatable bonds is 10.